The minimum absolute atomic E-state index is 0.0310. The van der Waals surface area contributed by atoms with E-state index in [-0.39, 0.29) is 11.8 Å². The van der Waals surface area contributed by atoms with E-state index in [1.807, 2.05) is 29.2 Å². The number of amides is 2. The lowest BCUT2D eigenvalue weighted by Crippen LogP contribution is -2.49. The Labute approximate surface area is 192 Å². The van der Waals surface area contributed by atoms with Crippen LogP contribution in [-0.4, -0.2) is 67.5 Å². The molecule has 0 aromatic heterocycles. The van der Waals surface area contributed by atoms with E-state index in [1.54, 1.807) is 23.1 Å². The van der Waals surface area contributed by atoms with Gasteiger partial charge in [0.2, 0.25) is 5.91 Å². The average Bonchev–Trinajstić information content (AvgIpc) is 3.21. The number of halogens is 2. The van der Waals surface area contributed by atoms with Crippen LogP contribution in [0.3, 0.4) is 0 Å². The first-order valence-electron chi connectivity index (χ1n) is 10.5. The van der Waals surface area contributed by atoms with Gasteiger partial charge in [-0.2, -0.15) is 0 Å². The third kappa shape index (κ3) is 5.14. The Bertz CT molecular complexity index is 961. The molecule has 8 heteroatoms. The van der Waals surface area contributed by atoms with Crippen molar-refractivity contribution in [1.29, 1.82) is 0 Å². The third-order valence-corrected chi connectivity index (χ3v) is 6.35. The zero-order chi connectivity index (χ0) is 21.8. The number of carbonyl (C=O) groups excluding carboxylic acids is 2. The standard InChI is InChI=1S/C23H25Cl2N3O3/c24-18-8-7-17(16-20(18)28-9-3-6-22(28)29)23(30)27-12-10-26(11-13-27)14-15-31-21-5-2-1-4-19(21)25/h1-2,4-5,7-8,16H,3,6,9-15H2. The first-order valence-corrected chi connectivity index (χ1v) is 11.3. The van der Waals surface area contributed by atoms with Gasteiger partial charge in [0.15, 0.2) is 0 Å². The molecule has 2 saturated heterocycles. The lowest BCUT2D eigenvalue weighted by atomic mass is 10.1. The number of piperazine rings is 1. The van der Waals surface area contributed by atoms with Gasteiger partial charge in [-0.15, -0.1) is 0 Å². The number of nitrogens with zero attached hydrogens (tertiary/aromatic N) is 3. The van der Waals surface area contributed by atoms with Gasteiger partial charge in [-0.25, -0.2) is 0 Å². The lowest BCUT2D eigenvalue weighted by molar-refractivity contribution is -0.117. The molecule has 31 heavy (non-hydrogen) atoms. The highest BCUT2D eigenvalue weighted by molar-refractivity contribution is 6.34. The normalized spacial score (nSPS) is 17.3. The van der Waals surface area contributed by atoms with Gasteiger partial charge >= 0.3 is 0 Å². The summed E-state index contributed by atoms with van der Waals surface area (Å²) in [5.74, 6) is 0.712. The van der Waals surface area contributed by atoms with Crippen LogP contribution in [0.1, 0.15) is 23.2 Å². The van der Waals surface area contributed by atoms with Gasteiger partial charge in [-0.3, -0.25) is 14.5 Å². The SMILES string of the molecule is O=C(c1ccc(Cl)c(N2CCCC2=O)c1)N1CCN(CCOc2ccccc2Cl)CC1. The second kappa shape index (κ2) is 9.90. The van der Waals surface area contributed by atoms with E-state index in [0.29, 0.717) is 59.7 Å². The minimum atomic E-state index is -0.0310. The van der Waals surface area contributed by atoms with Crippen LogP contribution >= 0.6 is 23.2 Å². The molecule has 0 aliphatic carbocycles. The Morgan fingerprint density at radius 2 is 1.74 bits per heavy atom. The summed E-state index contributed by atoms with van der Waals surface area (Å²) in [5, 5.41) is 1.10. The smallest absolute Gasteiger partial charge is 0.254 e. The van der Waals surface area contributed by atoms with E-state index < -0.39 is 0 Å². The largest absolute Gasteiger partial charge is 0.491 e. The van der Waals surface area contributed by atoms with Gasteiger partial charge < -0.3 is 14.5 Å². The van der Waals surface area contributed by atoms with Crippen LogP contribution in [0.5, 0.6) is 5.75 Å². The number of hydrogen-bond acceptors (Lipinski definition) is 4. The molecule has 2 aromatic rings. The molecule has 164 valence electrons. The molecule has 2 aromatic carbocycles. The molecule has 0 atom stereocenters. The Kier molecular flexibility index (Phi) is 7.00. The Balaban J connectivity index is 1.30. The summed E-state index contributed by atoms with van der Waals surface area (Å²) >= 11 is 12.4. The summed E-state index contributed by atoms with van der Waals surface area (Å²) in [5.41, 5.74) is 1.19. The van der Waals surface area contributed by atoms with Crippen molar-refractivity contribution >= 4 is 40.7 Å². The topological polar surface area (TPSA) is 53.1 Å². The first-order chi connectivity index (χ1) is 15.0. The fourth-order valence-corrected chi connectivity index (χ4v) is 4.37. The Morgan fingerprint density at radius 3 is 2.45 bits per heavy atom. The molecule has 2 amide bonds. The van der Waals surface area contributed by atoms with E-state index in [4.69, 9.17) is 27.9 Å². The van der Waals surface area contributed by atoms with E-state index in [2.05, 4.69) is 4.90 Å². The van der Waals surface area contributed by atoms with E-state index >= 15 is 0 Å². The second-order valence-corrected chi connectivity index (χ2v) is 8.54. The number of ether oxygens (including phenoxy) is 1. The number of rotatable bonds is 6. The van der Waals surface area contributed by atoms with Gasteiger partial charge in [0.1, 0.15) is 12.4 Å². The molecule has 2 fully saturated rings. The molecule has 2 aliphatic heterocycles. The molecule has 0 saturated carbocycles. The summed E-state index contributed by atoms with van der Waals surface area (Å²) < 4.78 is 5.77. The minimum Gasteiger partial charge on any atom is -0.491 e. The van der Waals surface area contributed by atoms with Crippen molar-refractivity contribution in [3.05, 3.63) is 58.1 Å². The quantitative estimate of drug-likeness (QED) is 0.653. The molecule has 2 heterocycles. The molecule has 0 bridgehead atoms. The van der Waals surface area contributed by atoms with Crippen LogP contribution in [-0.2, 0) is 4.79 Å². The number of para-hydroxylation sites is 1. The zero-order valence-corrected chi connectivity index (χ0v) is 18.7. The maximum Gasteiger partial charge on any atom is 0.254 e. The fourth-order valence-electron chi connectivity index (χ4n) is 3.96. The molecule has 6 nitrogen and oxygen atoms in total. The van der Waals surface area contributed by atoms with E-state index in [1.165, 1.54) is 0 Å². The average molecular weight is 462 g/mol. The van der Waals surface area contributed by atoms with Crippen LogP contribution in [0.25, 0.3) is 0 Å². The van der Waals surface area contributed by atoms with Gasteiger partial charge in [0.25, 0.3) is 5.91 Å². The maximum atomic E-state index is 13.0. The Hall–Kier alpha value is -2.28. The number of hydrogen-bond donors (Lipinski definition) is 0. The lowest BCUT2D eigenvalue weighted by Gasteiger charge is -2.34. The van der Waals surface area contributed by atoms with Crippen molar-refractivity contribution in [1.82, 2.24) is 9.80 Å². The monoisotopic (exact) mass is 461 g/mol. The fraction of sp³-hybridized carbons (Fsp3) is 0.391. The summed E-state index contributed by atoms with van der Waals surface area (Å²) in [6.45, 7) is 4.81. The predicted octanol–water partition coefficient (Wildman–Crippen LogP) is 3.96. The molecule has 2 aliphatic rings. The van der Waals surface area contributed by atoms with Crippen molar-refractivity contribution in [2.45, 2.75) is 12.8 Å². The maximum absolute atomic E-state index is 13.0. The summed E-state index contributed by atoms with van der Waals surface area (Å²) in [6.07, 6.45) is 1.34. The summed E-state index contributed by atoms with van der Waals surface area (Å²) in [6, 6.07) is 12.6. The second-order valence-electron chi connectivity index (χ2n) is 7.73. The van der Waals surface area contributed by atoms with Crippen LogP contribution in [0.2, 0.25) is 10.0 Å². The summed E-state index contributed by atoms with van der Waals surface area (Å²) in [4.78, 5) is 30.9. The third-order valence-electron chi connectivity index (χ3n) is 5.72. The van der Waals surface area contributed by atoms with E-state index in [0.717, 1.165) is 26.1 Å². The molecular formula is C23H25Cl2N3O3. The van der Waals surface area contributed by atoms with Crippen molar-refractivity contribution in [2.75, 3.05) is 50.8 Å². The highest BCUT2D eigenvalue weighted by Crippen LogP contribution is 2.31. The van der Waals surface area contributed by atoms with Crippen molar-refractivity contribution in [3.8, 4) is 5.75 Å². The van der Waals surface area contributed by atoms with Crippen LogP contribution < -0.4 is 9.64 Å². The van der Waals surface area contributed by atoms with Crippen molar-refractivity contribution in [2.24, 2.45) is 0 Å². The Morgan fingerprint density at radius 1 is 0.968 bits per heavy atom. The summed E-state index contributed by atoms with van der Waals surface area (Å²) in [7, 11) is 0. The highest BCUT2D eigenvalue weighted by Gasteiger charge is 2.26. The molecular weight excluding hydrogens is 437 g/mol. The predicted molar refractivity (Wildman–Crippen MR) is 122 cm³/mol. The molecule has 0 unspecified atom stereocenters. The van der Waals surface area contributed by atoms with Crippen molar-refractivity contribution in [3.63, 3.8) is 0 Å². The molecule has 0 spiro atoms. The van der Waals surface area contributed by atoms with Crippen LogP contribution in [0.15, 0.2) is 42.5 Å². The number of benzene rings is 2. The molecule has 0 radical (unpaired) electrons. The van der Waals surface area contributed by atoms with Gasteiger partial charge in [0.05, 0.1) is 15.7 Å². The van der Waals surface area contributed by atoms with E-state index in [9.17, 15) is 9.59 Å². The van der Waals surface area contributed by atoms with Gasteiger partial charge in [-0.05, 0) is 36.8 Å². The van der Waals surface area contributed by atoms with Crippen molar-refractivity contribution < 1.29 is 14.3 Å². The number of anilines is 1. The first kappa shape index (κ1) is 21.9. The molecule has 0 N–H and O–H groups in total. The number of carbonyl (C=O) groups is 2. The molecule has 4 rings (SSSR count). The van der Waals surface area contributed by atoms with Crippen LogP contribution in [0.4, 0.5) is 5.69 Å². The zero-order valence-electron chi connectivity index (χ0n) is 17.2. The van der Waals surface area contributed by atoms with Gasteiger partial charge in [-0.1, -0.05) is 35.3 Å². The van der Waals surface area contributed by atoms with Gasteiger partial charge in [0, 0.05) is 51.3 Å². The van der Waals surface area contributed by atoms with Crippen LogP contribution in [0, 0.1) is 0 Å². The highest BCUT2D eigenvalue weighted by atomic mass is 35.5.